The summed E-state index contributed by atoms with van der Waals surface area (Å²) in [5, 5.41) is 15.2. The first kappa shape index (κ1) is 15.2. The van der Waals surface area contributed by atoms with Gasteiger partial charge in [-0.1, -0.05) is 23.1 Å². The number of aromatic amines is 1. The Hall–Kier alpha value is -1.68. The zero-order valence-corrected chi connectivity index (χ0v) is 13.8. The number of nitrogens with one attached hydrogen (secondary N) is 1. The van der Waals surface area contributed by atoms with Crippen molar-refractivity contribution in [3.63, 3.8) is 0 Å². The van der Waals surface area contributed by atoms with Gasteiger partial charge in [-0.2, -0.15) is 5.10 Å². The molecule has 0 unspecified atom stereocenters. The second-order valence-corrected chi connectivity index (χ2v) is 7.38. The molecule has 2 aromatic heterocycles. The first-order chi connectivity index (χ1) is 10.6. The second-order valence-electron chi connectivity index (χ2n) is 5.15. The number of nitrogens with zero attached hydrogens (tertiary/aromatic N) is 5. The van der Waals surface area contributed by atoms with Gasteiger partial charge in [0.15, 0.2) is 10.2 Å². The molecule has 22 heavy (non-hydrogen) atoms. The summed E-state index contributed by atoms with van der Waals surface area (Å²) in [7, 11) is 0. The Bertz CT molecular complexity index is 655. The number of carbonyl (C=O) groups is 1. The Balaban J connectivity index is 1.55. The average Bonchev–Trinajstić information content (AvgIpc) is 3.13. The van der Waals surface area contributed by atoms with Crippen molar-refractivity contribution in [2.24, 2.45) is 0 Å². The van der Waals surface area contributed by atoms with E-state index in [1.165, 1.54) is 23.1 Å². The molecule has 1 aliphatic heterocycles. The second kappa shape index (κ2) is 6.61. The minimum atomic E-state index is 0.107. The summed E-state index contributed by atoms with van der Waals surface area (Å²) in [6.45, 7) is 3.35. The van der Waals surface area contributed by atoms with Crippen molar-refractivity contribution in [2.75, 3.05) is 24.6 Å². The summed E-state index contributed by atoms with van der Waals surface area (Å²) in [5.74, 6) is 2.29. The summed E-state index contributed by atoms with van der Waals surface area (Å²) in [6, 6.07) is 0. The van der Waals surface area contributed by atoms with E-state index in [0.717, 1.165) is 35.4 Å². The molecule has 1 atom stereocenters. The fourth-order valence-corrected chi connectivity index (χ4v) is 3.99. The van der Waals surface area contributed by atoms with Gasteiger partial charge >= 0.3 is 0 Å². The highest BCUT2D eigenvalue weighted by atomic mass is 32.2. The normalized spacial score (nSPS) is 18.6. The number of nitrogens with two attached hydrogens (primary N) is 1. The number of nitrogen functional groups attached to an aromatic ring is 1. The monoisotopic (exact) mass is 339 g/mol. The Labute approximate surface area is 135 Å². The molecule has 10 heteroatoms. The third-order valence-corrected chi connectivity index (χ3v) is 5.37. The van der Waals surface area contributed by atoms with E-state index in [2.05, 4.69) is 25.4 Å². The predicted octanol–water partition coefficient (Wildman–Crippen LogP) is 1.05. The number of rotatable bonds is 4. The molecule has 2 aromatic rings. The van der Waals surface area contributed by atoms with Gasteiger partial charge < -0.3 is 10.6 Å². The molecule has 1 aliphatic rings. The Morgan fingerprint density at radius 3 is 3.09 bits per heavy atom. The van der Waals surface area contributed by atoms with E-state index in [9.17, 15) is 4.79 Å². The number of piperidine rings is 1. The summed E-state index contributed by atoms with van der Waals surface area (Å²) in [5.41, 5.74) is 5.53. The molecule has 8 nitrogen and oxygen atoms in total. The highest BCUT2D eigenvalue weighted by Gasteiger charge is 2.27. The number of hydrogen-bond acceptors (Lipinski definition) is 8. The highest BCUT2D eigenvalue weighted by molar-refractivity contribution is 8.01. The number of amides is 1. The van der Waals surface area contributed by atoms with Crippen LogP contribution >= 0.6 is 23.1 Å². The van der Waals surface area contributed by atoms with Crippen LogP contribution in [-0.4, -0.2) is 55.0 Å². The van der Waals surface area contributed by atoms with Crippen LogP contribution in [0.4, 0.5) is 5.13 Å². The molecule has 0 bridgehead atoms. The molecule has 118 valence electrons. The maximum Gasteiger partial charge on any atom is 0.233 e. The van der Waals surface area contributed by atoms with E-state index >= 15 is 0 Å². The van der Waals surface area contributed by atoms with Gasteiger partial charge in [-0.25, -0.2) is 4.98 Å². The molecule has 1 amide bonds. The minimum Gasteiger partial charge on any atom is -0.374 e. The highest BCUT2D eigenvalue weighted by Crippen LogP contribution is 2.27. The fourth-order valence-electron chi connectivity index (χ4n) is 2.45. The van der Waals surface area contributed by atoms with E-state index < -0.39 is 0 Å². The number of anilines is 1. The third-order valence-electron chi connectivity index (χ3n) is 3.49. The van der Waals surface area contributed by atoms with Crippen LogP contribution in [0, 0.1) is 6.92 Å². The molecule has 0 radical (unpaired) electrons. The van der Waals surface area contributed by atoms with Crippen molar-refractivity contribution in [3.8, 4) is 0 Å². The lowest BCUT2D eigenvalue weighted by molar-refractivity contribution is -0.129. The SMILES string of the molecule is Cc1nc([C@H]2CCCN(C(=O)CSc3nnc(N)s3)C2)n[nH]1. The summed E-state index contributed by atoms with van der Waals surface area (Å²) >= 11 is 2.68. The third kappa shape index (κ3) is 3.55. The molecule has 3 heterocycles. The van der Waals surface area contributed by atoms with Gasteiger partial charge in [0, 0.05) is 19.0 Å². The van der Waals surface area contributed by atoms with E-state index in [1.807, 2.05) is 11.8 Å². The van der Waals surface area contributed by atoms with Crippen LogP contribution in [0.3, 0.4) is 0 Å². The lowest BCUT2D eigenvalue weighted by atomic mass is 9.97. The molecule has 0 aromatic carbocycles. The predicted molar refractivity (Wildman–Crippen MR) is 84.7 cm³/mol. The van der Waals surface area contributed by atoms with Crippen molar-refractivity contribution in [1.29, 1.82) is 0 Å². The molecule has 3 rings (SSSR count). The van der Waals surface area contributed by atoms with E-state index in [-0.39, 0.29) is 11.8 Å². The number of likely N-dealkylation sites (tertiary alicyclic amines) is 1. The first-order valence-corrected chi connectivity index (χ1v) is 8.80. The maximum absolute atomic E-state index is 12.3. The van der Waals surface area contributed by atoms with Crippen LogP contribution in [0.5, 0.6) is 0 Å². The van der Waals surface area contributed by atoms with Gasteiger partial charge in [0.1, 0.15) is 5.82 Å². The standard InChI is InChI=1S/C12H17N7OS2/c1-7-14-10(16-15-7)8-3-2-4-19(5-8)9(20)6-21-12-18-17-11(13)22-12/h8H,2-6H2,1H3,(H2,13,17)(H,14,15,16)/t8-/m0/s1. The van der Waals surface area contributed by atoms with Gasteiger partial charge in [-0.3, -0.25) is 9.89 Å². The quantitative estimate of drug-likeness (QED) is 0.800. The molecule has 1 saturated heterocycles. The van der Waals surface area contributed by atoms with E-state index in [0.29, 0.717) is 17.4 Å². The van der Waals surface area contributed by atoms with Gasteiger partial charge in [0.2, 0.25) is 11.0 Å². The van der Waals surface area contributed by atoms with Crippen molar-refractivity contribution in [3.05, 3.63) is 11.6 Å². The zero-order valence-electron chi connectivity index (χ0n) is 12.2. The fraction of sp³-hybridized carbons (Fsp3) is 0.583. The van der Waals surface area contributed by atoms with Gasteiger partial charge in [0.05, 0.1) is 5.75 Å². The van der Waals surface area contributed by atoms with Crippen LogP contribution in [-0.2, 0) is 4.79 Å². The Morgan fingerprint density at radius 2 is 2.41 bits per heavy atom. The molecular weight excluding hydrogens is 322 g/mol. The first-order valence-electron chi connectivity index (χ1n) is 7.00. The topological polar surface area (TPSA) is 114 Å². The van der Waals surface area contributed by atoms with Gasteiger partial charge in [0.25, 0.3) is 0 Å². The number of aromatic nitrogens is 5. The molecule has 1 fully saturated rings. The average molecular weight is 339 g/mol. The van der Waals surface area contributed by atoms with Crippen molar-refractivity contribution >= 4 is 34.1 Å². The maximum atomic E-state index is 12.3. The van der Waals surface area contributed by atoms with Crippen molar-refractivity contribution in [2.45, 2.75) is 30.0 Å². The van der Waals surface area contributed by atoms with E-state index in [4.69, 9.17) is 5.73 Å². The zero-order chi connectivity index (χ0) is 15.5. The van der Waals surface area contributed by atoms with E-state index in [1.54, 1.807) is 0 Å². The van der Waals surface area contributed by atoms with Crippen LogP contribution in [0.1, 0.15) is 30.4 Å². The molecule has 3 N–H and O–H groups in total. The van der Waals surface area contributed by atoms with Gasteiger partial charge in [-0.05, 0) is 19.8 Å². The van der Waals surface area contributed by atoms with Gasteiger partial charge in [-0.15, -0.1) is 10.2 Å². The van der Waals surface area contributed by atoms with Crippen molar-refractivity contribution in [1.82, 2.24) is 30.3 Å². The molecule has 0 saturated carbocycles. The smallest absolute Gasteiger partial charge is 0.233 e. The summed E-state index contributed by atoms with van der Waals surface area (Å²) in [6.07, 6.45) is 1.99. The molecule has 0 spiro atoms. The van der Waals surface area contributed by atoms with Crippen LogP contribution in [0.15, 0.2) is 4.34 Å². The van der Waals surface area contributed by atoms with Crippen LogP contribution in [0.25, 0.3) is 0 Å². The van der Waals surface area contributed by atoms with Crippen LogP contribution < -0.4 is 5.73 Å². The number of H-pyrrole nitrogens is 1. The number of aryl methyl sites for hydroxylation is 1. The molecular formula is C12H17N7OS2. The lowest BCUT2D eigenvalue weighted by Gasteiger charge is -2.31. The molecule has 0 aliphatic carbocycles. The number of carbonyl (C=O) groups excluding carboxylic acids is 1. The Kier molecular flexibility index (Phi) is 4.57. The summed E-state index contributed by atoms with van der Waals surface area (Å²) in [4.78, 5) is 18.6. The number of hydrogen-bond donors (Lipinski definition) is 2. The van der Waals surface area contributed by atoms with Crippen molar-refractivity contribution < 1.29 is 4.79 Å². The Morgan fingerprint density at radius 1 is 1.55 bits per heavy atom. The largest absolute Gasteiger partial charge is 0.374 e. The van der Waals surface area contributed by atoms with Crippen LogP contribution in [0.2, 0.25) is 0 Å². The lowest BCUT2D eigenvalue weighted by Crippen LogP contribution is -2.40. The minimum absolute atomic E-state index is 0.107. The summed E-state index contributed by atoms with van der Waals surface area (Å²) < 4.78 is 0.726. The number of thioether (sulfide) groups is 1.